The summed E-state index contributed by atoms with van der Waals surface area (Å²) in [6.07, 6.45) is 5.49. The first-order valence-corrected chi connectivity index (χ1v) is 9.53. The molecule has 0 aromatic heterocycles. The maximum absolute atomic E-state index is 12.4. The molecule has 1 atom stereocenters. The Morgan fingerprint density at radius 3 is 2.43 bits per heavy atom. The zero-order valence-corrected chi connectivity index (χ0v) is 13.2. The van der Waals surface area contributed by atoms with Crippen molar-refractivity contribution in [1.82, 2.24) is 4.90 Å². The first kappa shape index (κ1) is 15.0. The van der Waals surface area contributed by atoms with E-state index in [-0.39, 0.29) is 11.3 Å². The summed E-state index contributed by atoms with van der Waals surface area (Å²) >= 11 is 0. The molecule has 0 aliphatic carbocycles. The molecular weight excluding hydrogens is 284 g/mol. The van der Waals surface area contributed by atoms with Gasteiger partial charge in [-0.15, -0.1) is 0 Å². The molecular formula is C16H24N2O2S. The van der Waals surface area contributed by atoms with E-state index in [1.165, 1.54) is 25.7 Å². The molecule has 1 unspecified atom stereocenters. The van der Waals surface area contributed by atoms with Crippen molar-refractivity contribution in [3.05, 3.63) is 29.8 Å². The highest BCUT2D eigenvalue weighted by molar-refractivity contribution is 7.91. The molecule has 1 saturated heterocycles. The summed E-state index contributed by atoms with van der Waals surface area (Å²) < 4.78 is 24.7. The SMILES string of the molecule is NCC1(N2CCCCCC2)CCS(=O)(=O)c2ccccc21. The molecule has 2 heterocycles. The summed E-state index contributed by atoms with van der Waals surface area (Å²) in [5, 5.41) is 0. The zero-order valence-electron chi connectivity index (χ0n) is 12.4. The van der Waals surface area contributed by atoms with Gasteiger partial charge in [0.25, 0.3) is 0 Å². The van der Waals surface area contributed by atoms with Crippen molar-refractivity contribution in [2.45, 2.75) is 42.5 Å². The predicted molar refractivity (Wildman–Crippen MR) is 83.9 cm³/mol. The number of likely N-dealkylation sites (tertiary alicyclic amines) is 1. The van der Waals surface area contributed by atoms with Gasteiger partial charge in [0, 0.05) is 6.54 Å². The highest BCUT2D eigenvalue weighted by Gasteiger charge is 2.44. The first-order chi connectivity index (χ1) is 10.1. The summed E-state index contributed by atoms with van der Waals surface area (Å²) in [5.74, 6) is 0.206. The highest BCUT2D eigenvalue weighted by Crippen LogP contribution is 2.41. The maximum atomic E-state index is 12.4. The van der Waals surface area contributed by atoms with Crippen molar-refractivity contribution in [1.29, 1.82) is 0 Å². The van der Waals surface area contributed by atoms with Gasteiger partial charge in [-0.1, -0.05) is 31.0 Å². The van der Waals surface area contributed by atoms with Gasteiger partial charge < -0.3 is 5.73 Å². The number of hydrogen-bond acceptors (Lipinski definition) is 4. The van der Waals surface area contributed by atoms with Crippen LogP contribution in [0.4, 0.5) is 0 Å². The van der Waals surface area contributed by atoms with Gasteiger partial charge in [0.05, 0.1) is 16.2 Å². The Bertz CT molecular complexity index is 606. The van der Waals surface area contributed by atoms with Crippen molar-refractivity contribution in [2.24, 2.45) is 5.73 Å². The van der Waals surface area contributed by atoms with Crippen LogP contribution in [0.15, 0.2) is 29.2 Å². The minimum Gasteiger partial charge on any atom is -0.328 e. The van der Waals surface area contributed by atoms with Gasteiger partial charge in [-0.2, -0.15) is 0 Å². The van der Waals surface area contributed by atoms with Crippen molar-refractivity contribution < 1.29 is 8.42 Å². The molecule has 2 aliphatic heterocycles. The van der Waals surface area contributed by atoms with E-state index >= 15 is 0 Å². The van der Waals surface area contributed by atoms with E-state index in [1.807, 2.05) is 18.2 Å². The Morgan fingerprint density at radius 2 is 1.76 bits per heavy atom. The van der Waals surface area contributed by atoms with Crippen LogP contribution in [0.1, 0.15) is 37.7 Å². The molecule has 4 nitrogen and oxygen atoms in total. The van der Waals surface area contributed by atoms with Gasteiger partial charge in [-0.3, -0.25) is 4.90 Å². The molecule has 1 aromatic rings. The normalized spacial score (nSPS) is 29.6. The number of nitrogens with zero attached hydrogens (tertiary/aromatic N) is 1. The van der Waals surface area contributed by atoms with Gasteiger partial charge in [0.15, 0.2) is 9.84 Å². The highest BCUT2D eigenvalue weighted by atomic mass is 32.2. The number of fused-ring (bicyclic) bond motifs is 1. The lowest BCUT2D eigenvalue weighted by molar-refractivity contribution is 0.0871. The van der Waals surface area contributed by atoms with Crippen LogP contribution < -0.4 is 5.73 Å². The molecule has 0 radical (unpaired) electrons. The summed E-state index contributed by atoms with van der Waals surface area (Å²) in [5.41, 5.74) is 6.80. The van der Waals surface area contributed by atoms with E-state index in [1.54, 1.807) is 6.07 Å². The second-order valence-electron chi connectivity index (χ2n) is 6.20. The Hall–Kier alpha value is -0.910. The first-order valence-electron chi connectivity index (χ1n) is 7.87. The molecule has 0 amide bonds. The quantitative estimate of drug-likeness (QED) is 0.906. The van der Waals surface area contributed by atoms with Gasteiger partial charge in [0.2, 0.25) is 0 Å². The number of hydrogen-bond donors (Lipinski definition) is 1. The average molecular weight is 308 g/mol. The summed E-state index contributed by atoms with van der Waals surface area (Å²) in [7, 11) is -3.15. The third-order valence-corrected chi connectivity index (χ3v) is 6.82. The van der Waals surface area contributed by atoms with E-state index in [2.05, 4.69) is 4.90 Å². The smallest absolute Gasteiger partial charge is 0.178 e. The molecule has 1 aromatic carbocycles. The van der Waals surface area contributed by atoms with Crippen molar-refractivity contribution in [2.75, 3.05) is 25.4 Å². The van der Waals surface area contributed by atoms with Crippen LogP contribution in [0, 0.1) is 0 Å². The van der Waals surface area contributed by atoms with Crippen LogP contribution in [0.25, 0.3) is 0 Å². The average Bonchev–Trinajstić information content (AvgIpc) is 2.78. The minimum atomic E-state index is -3.15. The van der Waals surface area contributed by atoms with E-state index < -0.39 is 9.84 Å². The predicted octanol–water partition coefficient (Wildman–Crippen LogP) is 1.89. The molecule has 21 heavy (non-hydrogen) atoms. The Labute approximate surface area is 127 Å². The second-order valence-corrected chi connectivity index (χ2v) is 8.28. The van der Waals surface area contributed by atoms with Crippen molar-refractivity contribution in [3.63, 3.8) is 0 Å². The van der Waals surface area contributed by atoms with Gasteiger partial charge in [0.1, 0.15) is 0 Å². The molecule has 5 heteroatoms. The van der Waals surface area contributed by atoms with Crippen LogP contribution in [0.5, 0.6) is 0 Å². The van der Waals surface area contributed by atoms with Crippen LogP contribution >= 0.6 is 0 Å². The molecule has 2 N–H and O–H groups in total. The van der Waals surface area contributed by atoms with E-state index in [9.17, 15) is 8.42 Å². The van der Waals surface area contributed by atoms with Crippen molar-refractivity contribution >= 4 is 9.84 Å². The van der Waals surface area contributed by atoms with E-state index in [0.29, 0.717) is 17.9 Å². The monoisotopic (exact) mass is 308 g/mol. The Balaban J connectivity index is 2.10. The van der Waals surface area contributed by atoms with Gasteiger partial charge in [-0.25, -0.2) is 8.42 Å². The lowest BCUT2D eigenvalue weighted by Gasteiger charge is -2.46. The molecule has 0 saturated carbocycles. The van der Waals surface area contributed by atoms with Crippen LogP contribution in [-0.4, -0.2) is 38.7 Å². The number of sulfone groups is 1. The summed E-state index contributed by atoms with van der Waals surface area (Å²) in [6, 6.07) is 7.45. The summed E-state index contributed by atoms with van der Waals surface area (Å²) in [4.78, 5) is 2.94. The fourth-order valence-corrected chi connectivity index (χ4v) is 5.54. The topological polar surface area (TPSA) is 63.4 Å². The second kappa shape index (κ2) is 5.71. The molecule has 116 valence electrons. The third kappa shape index (κ3) is 2.51. The molecule has 3 rings (SSSR count). The lowest BCUT2D eigenvalue weighted by atomic mass is 9.84. The van der Waals surface area contributed by atoms with Crippen LogP contribution in [-0.2, 0) is 15.4 Å². The fraction of sp³-hybridized carbons (Fsp3) is 0.625. The molecule has 0 bridgehead atoms. The minimum absolute atomic E-state index is 0.206. The maximum Gasteiger partial charge on any atom is 0.178 e. The van der Waals surface area contributed by atoms with Gasteiger partial charge >= 0.3 is 0 Å². The van der Waals surface area contributed by atoms with Gasteiger partial charge in [-0.05, 0) is 44.0 Å². The molecule has 1 fully saturated rings. The van der Waals surface area contributed by atoms with Crippen LogP contribution in [0.3, 0.4) is 0 Å². The zero-order chi connectivity index (χ0) is 14.9. The van der Waals surface area contributed by atoms with E-state index in [0.717, 1.165) is 18.7 Å². The molecule has 0 spiro atoms. The largest absolute Gasteiger partial charge is 0.328 e. The number of nitrogens with two attached hydrogens (primary N) is 1. The number of rotatable bonds is 2. The number of benzene rings is 1. The van der Waals surface area contributed by atoms with Crippen LogP contribution in [0.2, 0.25) is 0 Å². The van der Waals surface area contributed by atoms with Crippen molar-refractivity contribution in [3.8, 4) is 0 Å². The third-order valence-electron chi connectivity index (χ3n) is 5.06. The summed E-state index contributed by atoms with van der Waals surface area (Å²) in [6.45, 7) is 2.52. The lowest BCUT2D eigenvalue weighted by Crippen LogP contribution is -2.54. The fourth-order valence-electron chi connectivity index (χ4n) is 3.84. The van der Waals surface area contributed by atoms with E-state index in [4.69, 9.17) is 5.73 Å². The standard InChI is InChI=1S/C16H24N2O2S/c17-13-16(18-10-5-1-2-6-11-18)9-12-21(19,20)15-8-4-3-7-14(15)16/h3-4,7-8H,1-2,5-6,9-13,17H2. The Kier molecular flexibility index (Phi) is 4.08. The Morgan fingerprint density at radius 1 is 1.10 bits per heavy atom. The molecule has 2 aliphatic rings.